The van der Waals surface area contributed by atoms with E-state index in [1.54, 1.807) is 12.5 Å². The highest BCUT2D eigenvalue weighted by Crippen LogP contribution is 2.13. The summed E-state index contributed by atoms with van der Waals surface area (Å²) in [4.78, 5) is 10.9. The van der Waals surface area contributed by atoms with Gasteiger partial charge in [0.25, 0.3) is 0 Å². The van der Waals surface area contributed by atoms with Crippen molar-refractivity contribution in [1.29, 1.82) is 0 Å². The third kappa shape index (κ3) is 4.09. The molecule has 1 saturated heterocycles. The maximum absolute atomic E-state index is 5.38. The highest BCUT2D eigenvalue weighted by Gasteiger charge is 2.11. The molecule has 0 amide bonds. The Balaban J connectivity index is 1.27. The molecular weight excluding hydrogens is 326 g/mol. The van der Waals surface area contributed by atoms with Gasteiger partial charge in [-0.25, -0.2) is 9.97 Å². The van der Waals surface area contributed by atoms with E-state index in [2.05, 4.69) is 56.6 Å². The minimum Gasteiger partial charge on any atom is -0.378 e. The van der Waals surface area contributed by atoms with Gasteiger partial charge < -0.3 is 19.5 Å². The SMILES string of the molecule is c1cn(-c2ccc(CNCc3ccc(N4CCOCC4)nc3)cc2)cn1. The van der Waals surface area contributed by atoms with Crippen molar-refractivity contribution in [3.05, 3.63) is 72.4 Å². The van der Waals surface area contributed by atoms with Crippen molar-refractivity contribution in [2.24, 2.45) is 0 Å². The summed E-state index contributed by atoms with van der Waals surface area (Å²) >= 11 is 0. The van der Waals surface area contributed by atoms with Crippen LogP contribution in [-0.4, -0.2) is 40.8 Å². The van der Waals surface area contributed by atoms with Crippen molar-refractivity contribution in [3.63, 3.8) is 0 Å². The summed E-state index contributed by atoms with van der Waals surface area (Å²) in [6.07, 6.45) is 7.50. The van der Waals surface area contributed by atoms with Gasteiger partial charge in [0.1, 0.15) is 5.82 Å². The van der Waals surface area contributed by atoms with Crippen LogP contribution in [0.1, 0.15) is 11.1 Å². The molecule has 0 spiro atoms. The average molecular weight is 349 g/mol. The van der Waals surface area contributed by atoms with Crippen LogP contribution in [0, 0.1) is 0 Å². The van der Waals surface area contributed by atoms with Gasteiger partial charge in [-0.3, -0.25) is 0 Å². The minimum atomic E-state index is 0.782. The van der Waals surface area contributed by atoms with Crippen molar-refractivity contribution in [2.75, 3.05) is 31.2 Å². The minimum absolute atomic E-state index is 0.782. The van der Waals surface area contributed by atoms with Gasteiger partial charge in [-0.1, -0.05) is 18.2 Å². The molecule has 2 aromatic heterocycles. The Labute approximate surface area is 153 Å². The Morgan fingerprint density at radius 3 is 2.42 bits per heavy atom. The Bertz CT molecular complexity index is 793. The molecule has 0 bridgehead atoms. The molecule has 1 aliphatic rings. The maximum Gasteiger partial charge on any atom is 0.128 e. The van der Waals surface area contributed by atoms with Crippen LogP contribution in [0.15, 0.2) is 61.3 Å². The molecule has 0 unspecified atom stereocenters. The Kier molecular flexibility index (Phi) is 5.23. The lowest BCUT2D eigenvalue weighted by Crippen LogP contribution is -2.36. The maximum atomic E-state index is 5.38. The molecular formula is C20H23N5O. The summed E-state index contributed by atoms with van der Waals surface area (Å²) in [5.74, 6) is 1.03. The molecule has 0 atom stereocenters. The van der Waals surface area contributed by atoms with E-state index in [0.717, 1.165) is 50.9 Å². The van der Waals surface area contributed by atoms with E-state index < -0.39 is 0 Å². The Hall–Kier alpha value is -2.70. The second-order valence-corrected chi connectivity index (χ2v) is 6.36. The standard InChI is InChI=1S/C20H23N5O/c1-4-19(25-8-7-21-16-25)5-2-17(1)13-22-14-18-3-6-20(23-15-18)24-9-11-26-12-10-24/h1-8,15-16,22H,9-14H2. The number of aromatic nitrogens is 3. The zero-order valence-electron chi connectivity index (χ0n) is 14.7. The number of benzene rings is 1. The van der Waals surface area contributed by atoms with Crippen molar-refractivity contribution in [2.45, 2.75) is 13.1 Å². The molecule has 0 aliphatic carbocycles. The normalized spacial score (nSPS) is 14.5. The van der Waals surface area contributed by atoms with Crippen LogP contribution >= 0.6 is 0 Å². The van der Waals surface area contributed by atoms with Crippen LogP contribution in [0.2, 0.25) is 0 Å². The van der Waals surface area contributed by atoms with Gasteiger partial charge in [0.05, 0.1) is 19.5 Å². The van der Waals surface area contributed by atoms with Crippen LogP contribution in [0.4, 0.5) is 5.82 Å². The number of hydrogen-bond acceptors (Lipinski definition) is 5. The van der Waals surface area contributed by atoms with Crippen molar-refractivity contribution >= 4 is 5.82 Å². The number of ether oxygens (including phenoxy) is 1. The molecule has 6 nitrogen and oxygen atoms in total. The molecule has 1 aliphatic heterocycles. The highest BCUT2D eigenvalue weighted by molar-refractivity contribution is 5.39. The lowest BCUT2D eigenvalue weighted by atomic mass is 10.2. The average Bonchev–Trinajstić information content (AvgIpc) is 3.25. The van der Waals surface area contributed by atoms with Gasteiger partial charge in [-0.05, 0) is 29.3 Å². The molecule has 4 rings (SSSR count). The topological polar surface area (TPSA) is 55.2 Å². The van der Waals surface area contributed by atoms with Gasteiger partial charge in [-0.2, -0.15) is 0 Å². The predicted octanol–water partition coefficient (Wildman–Crippen LogP) is 2.39. The quantitative estimate of drug-likeness (QED) is 0.741. The Morgan fingerprint density at radius 2 is 1.73 bits per heavy atom. The first-order chi connectivity index (χ1) is 12.9. The first-order valence-corrected chi connectivity index (χ1v) is 8.94. The summed E-state index contributed by atoms with van der Waals surface area (Å²) in [6, 6.07) is 12.7. The number of imidazole rings is 1. The van der Waals surface area contributed by atoms with Crippen LogP contribution in [-0.2, 0) is 17.8 Å². The first kappa shape index (κ1) is 16.8. The van der Waals surface area contributed by atoms with Crippen LogP contribution in [0.3, 0.4) is 0 Å². The summed E-state index contributed by atoms with van der Waals surface area (Å²) in [6.45, 7) is 5.03. The lowest BCUT2D eigenvalue weighted by molar-refractivity contribution is 0.122. The number of morpholine rings is 1. The second kappa shape index (κ2) is 8.12. The molecule has 134 valence electrons. The van der Waals surface area contributed by atoms with Crippen LogP contribution in [0.25, 0.3) is 5.69 Å². The van der Waals surface area contributed by atoms with Gasteiger partial charge in [0, 0.05) is 50.5 Å². The number of hydrogen-bond donors (Lipinski definition) is 1. The Morgan fingerprint density at radius 1 is 0.962 bits per heavy atom. The van der Waals surface area contributed by atoms with E-state index in [1.807, 2.05) is 17.0 Å². The third-order valence-electron chi connectivity index (χ3n) is 4.54. The van der Waals surface area contributed by atoms with Crippen molar-refractivity contribution < 1.29 is 4.74 Å². The van der Waals surface area contributed by atoms with Crippen LogP contribution < -0.4 is 10.2 Å². The van der Waals surface area contributed by atoms with E-state index in [9.17, 15) is 0 Å². The zero-order valence-corrected chi connectivity index (χ0v) is 14.7. The number of nitrogens with one attached hydrogen (secondary N) is 1. The van der Waals surface area contributed by atoms with Gasteiger partial charge >= 0.3 is 0 Å². The lowest BCUT2D eigenvalue weighted by Gasteiger charge is -2.27. The number of anilines is 1. The third-order valence-corrected chi connectivity index (χ3v) is 4.54. The second-order valence-electron chi connectivity index (χ2n) is 6.36. The largest absolute Gasteiger partial charge is 0.378 e. The molecule has 3 aromatic rings. The molecule has 1 fully saturated rings. The smallest absolute Gasteiger partial charge is 0.128 e. The fourth-order valence-electron chi connectivity index (χ4n) is 3.05. The monoisotopic (exact) mass is 349 g/mol. The van der Waals surface area contributed by atoms with E-state index in [4.69, 9.17) is 4.74 Å². The fraction of sp³-hybridized carbons (Fsp3) is 0.300. The van der Waals surface area contributed by atoms with E-state index in [0.29, 0.717) is 0 Å². The predicted molar refractivity (Wildman–Crippen MR) is 101 cm³/mol. The van der Waals surface area contributed by atoms with E-state index in [-0.39, 0.29) is 0 Å². The zero-order chi connectivity index (χ0) is 17.6. The van der Waals surface area contributed by atoms with Crippen molar-refractivity contribution in [3.8, 4) is 5.69 Å². The molecule has 0 saturated carbocycles. The molecule has 6 heteroatoms. The first-order valence-electron chi connectivity index (χ1n) is 8.94. The summed E-state index contributed by atoms with van der Waals surface area (Å²) in [5.41, 5.74) is 3.57. The number of nitrogens with zero attached hydrogens (tertiary/aromatic N) is 4. The summed E-state index contributed by atoms with van der Waals surface area (Å²) in [7, 11) is 0. The van der Waals surface area contributed by atoms with Gasteiger partial charge in [-0.15, -0.1) is 0 Å². The molecule has 26 heavy (non-hydrogen) atoms. The van der Waals surface area contributed by atoms with E-state index in [1.165, 1.54) is 11.1 Å². The van der Waals surface area contributed by atoms with Gasteiger partial charge in [0.15, 0.2) is 0 Å². The molecule has 1 N–H and O–H groups in total. The molecule has 3 heterocycles. The summed E-state index contributed by atoms with van der Waals surface area (Å²) in [5, 5.41) is 3.48. The van der Waals surface area contributed by atoms with Gasteiger partial charge in [0.2, 0.25) is 0 Å². The van der Waals surface area contributed by atoms with Crippen molar-refractivity contribution in [1.82, 2.24) is 19.9 Å². The molecule has 1 aromatic carbocycles. The summed E-state index contributed by atoms with van der Waals surface area (Å²) < 4.78 is 7.38. The van der Waals surface area contributed by atoms with E-state index >= 15 is 0 Å². The highest BCUT2D eigenvalue weighted by atomic mass is 16.5. The van der Waals surface area contributed by atoms with Crippen LogP contribution in [0.5, 0.6) is 0 Å². The molecule has 0 radical (unpaired) electrons. The number of pyridine rings is 1. The number of rotatable bonds is 6. The fourth-order valence-corrected chi connectivity index (χ4v) is 3.05.